The van der Waals surface area contributed by atoms with Crippen LogP contribution in [0.5, 0.6) is 5.75 Å². The van der Waals surface area contributed by atoms with Crippen LogP contribution in [0.15, 0.2) is 98.1 Å². The zero-order valence-corrected chi connectivity index (χ0v) is 18.2. The fourth-order valence-corrected chi connectivity index (χ4v) is 3.96. The van der Waals surface area contributed by atoms with E-state index in [-0.39, 0.29) is 18.2 Å². The number of phenols is 1. The number of amidine groups is 1. The van der Waals surface area contributed by atoms with Crippen molar-refractivity contribution in [1.29, 1.82) is 0 Å². The summed E-state index contributed by atoms with van der Waals surface area (Å²) in [7, 11) is 0. The van der Waals surface area contributed by atoms with Gasteiger partial charge in [-0.2, -0.15) is 5.10 Å². The Morgan fingerprint density at radius 2 is 1.84 bits per heavy atom. The molecule has 1 aromatic heterocycles. The molecule has 6 nitrogen and oxygen atoms in total. The molecule has 1 fully saturated rings. The van der Waals surface area contributed by atoms with Gasteiger partial charge in [0.15, 0.2) is 5.17 Å². The third-order valence-corrected chi connectivity index (χ3v) is 5.57. The maximum absolute atomic E-state index is 13.1. The van der Waals surface area contributed by atoms with Gasteiger partial charge in [0.2, 0.25) is 0 Å². The SMILES string of the molecule is CC(/C=N\N=C1\S/C(=C\c2ccc(O)cc2)C(=O)N1Cc1ccco1)=C\c1ccccc1. The molecular formula is C25H21N3O3S. The average molecular weight is 444 g/mol. The molecule has 0 radical (unpaired) electrons. The molecule has 1 saturated heterocycles. The third kappa shape index (κ3) is 5.44. The van der Waals surface area contributed by atoms with Crippen LogP contribution < -0.4 is 0 Å². The van der Waals surface area contributed by atoms with Crippen LogP contribution in [0.2, 0.25) is 0 Å². The molecule has 0 aliphatic carbocycles. The molecular weight excluding hydrogens is 422 g/mol. The van der Waals surface area contributed by atoms with Crippen molar-refractivity contribution < 1.29 is 14.3 Å². The minimum atomic E-state index is -0.176. The van der Waals surface area contributed by atoms with Gasteiger partial charge in [0.1, 0.15) is 11.5 Å². The van der Waals surface area contributed by atoms with Gasteiger partial charge in [-0.15, -0.1) is 5.10 Å². The number of phenolic OH excluding ortho intramolecular Hbond substituents is 1. The number of nitrogens with zero attached hydrogens (tertiary/aromatic N) is 3. The summed E-state index contributed by atoms with van der Waals surface area (Å²) in [6.45, 7) is 2.21. The predicted octanol–water partition coefficient (Wildman–Crippen LogP) is 5.55. The molecule has 0 bridgehead atoms. The number of furan rings is 1. The number of hydrogen-bond donors (Lipinski definition) is 1. The Morgan fingerprint density at radius 3 is 2.56 bits per heavy atom. The van der Waals surface area contributed by atoms with Crippen LogP contribution in [-0.4, -0.2) is 27.3 Å². The number of rotatable bonds is 6. The largest absolute Gasteiger partial charge is 0.508 e. The maximum atomic E-state index is 13.1. The summed E-state index contributed by atoms with van der Waals surface area (Å²) in [6.07, 6.45) is 7.02. The van der Waals surface area contributed by atoms with Gasteiger partial charge in [0.25, 0.3) is 5.91 Å². The normalized spacial score (nSPS) is 17.2. The van der Waals surface area contributed by atoms with Crippen molar-refractivity contribution >= 4 is 41.2 Å². The molecule has 2 heterocycles. The van der Waals surface area contributed by atoms with Crippen molar-refractivity contribution in [3.8, 4) is 5.75 Å². The fourth-order valence-electron chi connectivity index (χ4n) is 3.02. The Bertz CT molecular complexity index is 1190. The summed E-state index contributed by atoms with van der Waals surface area (Å²) in [5.74, 6) is 0.652. The summed E-state index contributed by atoms with van der Waals surface area (Å²) in [6, 6.07) is 20.2. The predicted molar refractivity (Wildman–Crippen MR) is 129 cm³/mol. The van der Waals surface area contributed by atoms with Crippen molar-refractivity contribution in [2.45, 2.75) is 13.5 Å². The van der Waals surface area contributed by atoms with Crippen LogP contribution in [0.4, 0.5) is 0 Å². The maximum Gasteiger partial charge on any atom is 0.267 e. The number of benzene rings is 2. The van der Waals surface area contributed by atoms with Gasteiger partial charge >= 0.3 is 0 Å². The van der Waals surface area contributed by atoms with Crippen molar-refractivity contribution in [3.05, 3.63) is 100 Å². The molecule has 7 heteroatoms. The van der Waals surface area contributed by atoms with Gasteiger partial charge in [-0.25, -0.2) is 0 Å². The van der Waals surface area contributed by atoms with Gasteiger partial charge in [0.05, 0.1) is 23.9 Å². The molecule has 1 aliphatic heterocycles. The highest BCUT2D eigenvalue weighted by molar-refractivity contribution is 8.18. The number of aromatic hydroxyl groups is 1. The molecule has 0 atom stereocenters. The first-order chi connectivity index (χ1) is 15.6. The summed E-state index contributed by atoms with van der Waals surface area (Å²) in [4.78, 5) is 15.1. The highest BCUT2D eigenvalue weighted by Gasteiger charge is 2.34. The van der Waals surface area contributed by atoms with Crippen LogP contribution in [0.25, 0.3) is 12.2 Å². The number of amides is 1. The van der Waals surface area contributed by atoms with E-state index in [9.17, 15) is 9.90 Å². The Kier molecular flexibility index (Phi) is 6.67. The minimum absolute atomic E-state index is 0.174. The number of thioether (sulfide) groups is 1. The zero-order valence-electron chi connectivity index (χ0n) is 17.4. The molecule has 1 aliphatic rings. The molecule has 4 rings (SSSR count). The first-order valence-electron chi connectivity index (χ1n) is 9.96. The summed E-state index contributed by atoms with van der Waals surface area (Å²) in [5, 5.41) is 18.5. The number of carbonyl (C=O) groups excluding carboxylic acids is 1. The molecule has 160 valence electrons. The molecule has 1 amide bonds. The lowest BCUT2D eigenvalue weighted by Crippen LogP contribution is -2.28. The van der Waals surface area contributed by atoms with Crippen molar-refractivity contribution in [1.82, 2.24) is 4.90 Å². The van der Waals surface area contributed by atoms with Crippen LogP contribution >= 0.6 is 11.8 Å². The van der Waals surface area contributed by atoms with E-state index in [0.29, 0.717) is 15.8 Å². The first-order valence-corrected chi connectivity index (χ1v) is 10.8. The topological polar surface area (TPSA) is 78.4 Å². The van der Waals surface area contributed by atoms with Gasteiger partial charge in [-0.3, -0.25) is 9.69 Å². The quantitative estimate of drug-likeness (QED) is 0.308. The van der Waals surface area contributed by atoms with E-state index < -0.39 is 0 Å². The highest BCUT2D eigenvalue weighted by Crippen LogP contribution is 2.34. The molecule has 0 spiro atoms. The lowest BCUT2D eigenvalue weighted by molar-refractivity contribution is -0.122. The van der Waals surface area contributed by atoms with Crippen LogP contribution in [-0.2, 0) is 11.3 Å². The third-order valence-electron chi connectivity index (χ3n) is 4.57. The standard InChI is InChI=1S/C25H21N3O3S/c1-18(14-19-6-3-2-4-7-19)16-26-27-25-28(17-22-8-5-13-31-22)24(30)23(32-25)15-20-9-11-21(29)12-10-20/h2-16,29H,17H2,1H3/b18-14+,23-15-,26-16-,27-25+. The minimum Gasteiger partial charge on any atom is -0.508 e. The lowest BCUT2D eigenvalue weighted by atomic mass is 10.1. The van der Waals surface area contributed by atoms with E-state index in [4.69, 9.17) is 4.42 Å². The van der Waals surface area contributed by atoms with Crippen LogP contribution in [0.3, 0.4) is 0 Å². The average Bonchev–Trinajstić information content (AvgIpc) is 3.40. The summed E-state index contributed by atoms with van der Waals surface area (Å²) >= 11 is 1.25. The highest BCUT2D eigenvalue weighted by atomic mass is 32.2. The first kappa shape index (κ1) is 21.4. The van der Waals surface area contributed by atoms with Crippen LogP contribution in [0, 0.1) is 0 Å². The molecule has 2 aromatic carbocycles. The van der Waals surface area contributed by atoms with Crippen molar-refractivity contribution in [2.24, 2.45) is 10.2 Å². The van der Waals surface area contributed by atoms with Crippen LogP contribution in [0.1, 0.15) is 23.8 Å². The van der Waals surface area contributed by atoms with Gasteiger partial charge in [0, 0.05) is 0 Å². The number of carbonyl (C=O) groups is 1. The van der Waals surface area contributed by atoms with E-state index in [1.807, 2.05) is 49.4 Å². The number of hydrogen-bond acceptors (Lipinski definition) is 6. The molecule has 0 unspecified atom stereocenters. The van der Waals surface area contributed by atoms with E-state index >= 15 is 0 Å². The Morgan fingerprint density at radius 1 is 1.06 bits per heavy atom. The smallest absolute Gasteiger partial charge is 0.267 e. The second-order valence-electron chi connectivity index (χ2n) is 7.10. The van der Waals surface area contributed by atoms with E-state index in [1.54, 1.807) is 53.8 Å². The Labute approximate surface area is 190 Å². The second-order valence-corrected chi connectivity index (χ2v) is 8.11. The summed E-state index contributed by atoms with van der Waals surface area (Å²) in [5.41, 5.74) is 2.82. The molecule has 0 saturated carbocycles. The van der Waals surface area contributed by atoms with Crippen molar-refractivity contribution in [3.63, 3.8) is 0 Å². The molecule has 3 aromatic rings. The lowest BCUT2D eigenvalue weighted by Gasteiger charge is -2.12. The van der Waals surface area contributed by atoms with Gasteiger partial charge in [-0.05, 0) is 65.7 Å². The van der Waals surface area contributed by atoms with E-state index in [0.717, 1.165) is 16.7 Å². The fraction of sp³-hybridized carbons (Fsp3) is 0.0800. The number of allylic oxidation sites excluding steroid dienone is 1. The van der Waals surface area contributed by atoms with E-state index in [2.05, 4.69) is 10.2 Å². The Hall–Kier alpha value is -3.84. The van der Waals surface area contributed by atoms with Gasteiger partial charge in [-0.1, -0.05) is 48.5 Å². The second kappa shape index (κ2) is 9.98. The van der Waals surface area contributed by atoms with Gasteiger partial charge < -0.3 is 9.52 Å². The molecule has 32 heavy (non-hydrogen) atoms. The zero-order chi connectivity index (χ0) is 22.3. The van der Waals surface area contributed by atoms with Crippen molar-refractivity contribution in [2.75, 3.05) is 0 Å². The molecule has 1 N–H and O–H groups in total. The monoisotopic (exact) mass is 443 g/mol. The Balaban J connectivity index is 1.58. The summed E-state index contributed by atoms with van der Waals surface area (Å²) < 4.78 is 5.41. The van der Waals surface area contributed by atoms with E-state index in [1.165, 1.54) is 11.8 Å².